The van der Waals surface area contributed by atoms with Gasteiger partial charge in [-0.3, -0.25) is 0 Å². The molecule has 1 heterocycles. The van der Waals surface area contributed by atoms with E-state index in [1.54, 1.807) is 26.1 Å². The van der Waals surface area contributed by atoms with Gasteiger partial charge in [-0.25, -0.2) is 9.07 Å². The normalized spacial score (nSPS) is 12.8. The maximum Gasteiger partial charge on any atom is 0.125 e. The Morgan fingerprint density at radius 3 is 2.69 bits per heavy atom. The zero-order valence-corrected chi connectivity index (χ0v) is 9.05. The number of aliphatic hydroxyl groups is 1. The van der Waals surface area contributed by atoms with Crippen LogP contribution in [-0.2, 0) is 0 Å². The van der Waals surface area contributed by atoms with Crippen LogP contribution in [-0.4, -0.2) is 20.1 Å². The summed E-state index contributed by atoms with van der Waals surface area (Å²) in [7, 11) is 0. The van der Waals surface area contributed by atoms with E-state index >= 15 is 0 Å². The number of nitrogens with zero attached hydrogens (tertiary/aromatic N) is 3. The van der Waals surface area contributed by atoms with Gasteiger partial charge in [0.1, 0.15) is 11.5 Å². The third-order valence-corrected chi connectivity index (χ3v) is 2.23. The van der Waals surface area contributed by atoms with Crippen LogP contribution in [0.1, 0.15) is 24.3 Å². The summed E-state index contributed by atoms with van der Waals surface area (Å²) in [5, 5.41) is 16.9. The fourth-order valence-corrected chi connectivity index (χ4v) is 1.44. The van der Waals surface area contributed by atoms with E-state index in [1.807, 2.05) is 0 Å². The maximum atomic E-state index is 13.2. The minimum Gasteiger partial charge on any atom is -0.387 e. The van der Waals surface area contributed by atoms with Crippen LogP contribution in [0.15, 0.2) is 24.4 Å². The Bertz CT molecular complexity index is 487. The lowest BCUT2D eigenvalue weighted by Crippen LogP contribution is -1.96. The van der Waals surface area contributed by atoms with Gasteiger partial charge in [-0.15, -0.1) is 5.10 Å². The van der Waals surface area contributed by atoms with E-state index in [-0.39, 0.29) is 5.82 Å². The number of rotatable bonds is 2. The van der Waals surface area contributed by atoms with Gasteiger partial charge in [-0.1, -0.05) is 5.21 Å². The molecule has 0 fully saturated rings. The van der Waals surface area contributed by atoms with Crippen LogP contribution in [0.3, 0.4) is 0 Å². The summed E-state index contributed by atoms with van der Waals surface area (Å²) >= 11 is 0. The highest BCUT2D eigenvalue weighted by Crippen LogP contribution is 2.14. The Labute approximate surface area is 92.3 Å². The molecule has 2 aromatic rings. The average molecular weight is 221 g/mol. The molecule has 1 aromatic heterocycles. The molecule has 0 aliphatic carbocycles. The Morgan fingerprint density at radius 2 is 2.12 bits per heavy atom. The predicted molar refractivity (Wildman–Crippen MR) is 56.7 cm³/mol. The predicted octanol–water partition coefficient (Wildman–Crippen LogP) is 1.77. The van der Waals surface area contributed by atoms with Gasteiger partial charge < -0.3 is 5.11 Å². The lowest BCUT2D eigenvalue weighted by atomic mass is 10.2. The van der Waals surface area contributed by atoms with Gasteiger partial charge >= 0.3 is 0 Å². The molecule has 1 atom stereocenters. The van der Waals surface area contributed by atoms with E-state index in [9.17, 15) is 9.50 Å². The molecule has 0 radical (unpaired) electrons. The summed E-state index contributed by atoms with van der Waals surface area (Å²) < 4.78 is 14.6. The molecular formula is C11H12FN3O. The average Bonchev–Trinajstić information content (AvgIpc) is 2.64. The molecule has 1 unspecified atom stereocenters. The van der Waals surface area contributed by atoms with Crippen LogP contribution in [0, 0.1) is 12.7 Å². The largest absolute Gasteiger partial charge is 0.387 e. The van der Waals surface area contributed by atoms with Gasteiger partial charge in [0.2, 0.25) is 0 Å². The standard InChI is InChI=1S/C11H12FN3O/c1-7-3-9(12)5-10(4-7)15-6-11(8(2)16)13-14-15/h3-6,8,16H,1-2H3. The highest BCUT2D eigenvalue weighted by molar-refractivity contribution is 5.35. The smallest absolute Gasteiger partial charge is 0.125 e. The molecule has 84 valence electrons. The zero-order valence-electron chi connectivity index (χ0n) is 9.05. The zero-order chi connectivity index (χ0) is 11.7. The summed E-state index contributed by atoms with van der Waals surface area (Å²) in [6.07, 6.45) is 0.905. The molecule has 1 N–H and O–H groups in total. The van der Waals surface area contributed by atoms with Gasteiger partial charge in [-0.05, 0) is 37.6 Å². The first kappa shape index (κ1) is 10.8. The molecule has 0 saturated carbocycles. The number of hydrogen-bond donors (Lipinski definition) is 1. The highest BCUT2D eigenvalue weighted by atomic mass is 19.1. The third kappa shape index (κ3) is 2.09. The summed E-state index contributed by atoms with van der Waals surface area (Å²) in [5.74, 6) is -0.316. The quantitative estimate of drug-likeness (QED) is 0.840. The second kappa shape index (κ2) is 4.02. The molecule has 0 aliphatic heterocycles. The Hall–Kier alpha value is -1.75. The minimum absolute atomic E-state index is 0.316. The van der Waals surface area contributed by atoms with E-state index in [0.29, 0.717) is 11.4 Å². The lowest BCUT2D eigenvalue weighted by Gasteiger charge is -2.02. The number of aromatic nitrogens is 3. The second-order valence-electron chi connectivity index (χ2n) is 3.75. The molecule has 0 aliphatic rings. The summed E-state index contributed by atoms with van der Waals surface area (Å²) in [6, 6.07) is 4.60. The first-order valence-electron chi connectivity index (χ1n) is 4.94. The van der Waals surface area contributed by atoms with E-state index in [0.717, 1.165) is 5.56 Å². The minimum atomic E-state index is -0.677. The summed E-state index contributed by atoms with van der Waals surface area (Å²) in [6.45, 7) is 3.41. The first-order chi connectivity index (χ1) is 7.56. The third-order valence-electron chi connectivity index (χ3n) is 2.23. The van der Waals surface area contributed by atoms with E-state index in [2.05, 4.69) is 10.3 Å². The fraction of sp³-hybridized carbons (Fsp3) is 0.273. The molecule has 0 saturated heterocycles. The van der Waals surface area contributed by atoms with Crippen LogP contribution < -0.4 is 0 Å². The van der Waals surface area contributed by atoms with Crippen molar-refractivity contribution >= 4 is 0 Å². The second-order valence-corrected chi connectivity index (χ2v) is 3.75. The van der Waals surface area contributed by atoms with Gasteiger partial charge in [0.15, 0.2) is 0 Å². The monoisotopic (exact) mass is 221 g/mol. The number of hydrogen-bond acceptors (Lipinski definition) is 3. The van der Waals surface area contributed by atoms with E-state index < -0.39 is 6.10 Å². The molecular weight excluding hydrogens is 209 g/mol. The van der Waals surface area contributed by atoms with Gasteiger partial charge in [0.25, 0.3) is 0 Å². The van der Waals surface area contributed by atoms with Crippen LogP contribution in [0.2, 0.25) is 0 Å². The van der Waals surface area contributed by atoms with Crippen LogP contribution in [0.4, 0.5) is 4.39 Å². The summed E-state index contributed by atoms with van der Waals surface area (Å²) in [4.78, 5) is 0. The molecule has 4 nitrogen and oxygen atoms in total. The molecule has 16 heavy (non-hydrogen) atoms. The topological polar surface area (TPSA) is 50.9 Å². The molecule has 2 rings (SSSR count). The van der Waals surface area contributed by atoms with Crippen molar-refractivity contribution in [3.63, 3.8) is 0 Å². The molecule has 1 aromatic carbocycles. The van der Waals surface area contributed by atoms with Gasteiger partial charge in [0, 0.05) is 0 Å². The van der Waals surface area contributed by atoms with Crippen LogP contribution in [0.25, 0.3) is 5.69 Å². The van der Waals surface area contributed by atoms with Crippen molar-refractivity contribution < 1.29 is 9.50 Å². The molecule has 0 spiro atoms. The first-order valence-corrected chi connectivity index (χ1v) is 4.94. The van der Waals surface area contributed by atoms with Gasteiger partial charge in [-0.2, -0.15) is 0 Å². The highest BCUT2D eigenvalue weighted by Gasteiger charge is 2.08. The van der Waals surface area contributed by atoms with Crippen molar-refractivity contribution in [3.05, 3.63) is 41.5 Å². The summed E-state index contributed by atoms with van der Waals surface area (Å²) in [5.41, 5.74) is 1.86. The van der Waals surface area contributed by atoms with E-state index in [4.69, 9.17) is 0 Å². The van der Waals surface area contributed by atoms with Crippen molar-refractivity contribution in [1.82, 2.24) is 15.0 Å². The van der Waals surface area contributed by atoms with Crippen LogP contribution in [0.5, 0.6) is 0 Å². The SMILES string of the molecule is Cc1cc(F)cc(-n2cc(C(C)O)nn2)c1. The number of aryl methyl sites for hydroxylation is 1. The molecule has 0 amide bonds. The van der Waals surface area contributed by atoms with Crippen molar-refractivity contribution in [2.45, 2.75) is 20.0 Å². The number of aliphatic hydroxyl groups excluding tert-OH is 1. The molecule has 0 bridgehead atoms. The number of benzene rings is 1. The van der Waals surface area contributed by atoms with Crippen molar-refractivity contribution in [3.8, 4) is 5.69 Å². The van der Waals surface area contributed by atoms with Gasteiger partial charge in [0.05, 0.1) is 18.0 Å². The Kier molecular flexibility index (Phi) is 2.70. The molecule has 5 heteroatoms. The Morgan fingerprint density at radius 1 is 1.38 bits per heavy atom. The maximum absolute atomic E-state index is 13.2. The fourth-order valence-electron chi connectivity index (χ4n) is 1.44. The van der Waals surface area contributed by atoms with E-state index in [1.165, 1.54) is 16.8 Å². The number of halogens is 1. The van der Waals surface area contributed by atoms with Crippen molar-refractivity contribution in [1.29, 1.82) is 0 Å². The van der Waals surface area contributed by atoms with Crippen LogP contribution >= 0.6 is 0 Å². The lowest BCUT2D eigenvalue weighted by molar-refractivity contribution is 0.194. The Balaban J connectivity index is 2.42. The van der Waals surface area contributed by atoms with Crippen molar-refractivity contribution in [2.75, 3.05) is 0 Å². The van der Waals surface area contributed by atoms with Crippen molar-refractivity contribution in [2.24, 2.45) is 0 Å².